The van der Waals surface area contributed by atoms with Gasteiger partial charge in [0.1, 0.15) is 0 Å². The number of methoxy groups -OCH3 is 1. The summed E-state index contributed by atoms with van der Waals surface area (Å²) >= 11 is 0. The van der Waals surface area contributed by atoms with E-state index in [-0.39, 0.29) is 6.04 Å². The van der Waals surface area contributed by atoms with Gasteiger partial charge < -0.3 is 19.8 Å². The van der Waals surface area contributed by atoms with Crippen LogP contribution in [-0.4, -0.2) is 28.8 Å². The third-order valence-corrected chi connectivity index (χ3v) is 2.71. The van der Waals surface area contributed by atoms with Crippen LogP contribution in [0, 0.1) is 0 Å². The Morgan fingerprint density at radius 1 is 1.35 bits per heavy atom. The van der Waals surface area contributed by atoms with Crippen LogP contribution in [0.3, 0.4) is 0 Å². The zero-order valence-electron chi connectivity index (χ0n) is 11.9. The van der Waals surface area contributed by atoms with Gasteiger partial charge in [-0.05, 0) is 26.0 Å². The van der Waals surface area contributed by atoms with Crippen molar-refractivity contribution < 1.29 is 9.15 Å². The van der Waals surface area contributed by atoms with Crippen molar-refractivity contribution in [2.24, 2.45) is 0 Å². The number of nitrogens with zero attached hydrogens (tertiary/aromatic N) is 3. The first kappa shape index (κ1) is 14.3. The fraction of sp³-hybridized carbons (Fsp3) is 0.462. The standard InChI is InChI=1S/C13H19N5O2/c1-4-7-14-9(2)12-17-18-13(20-12)16-10-5-6-11(19-3)15-8-10/h5-6,8-9,14H,4,7H2,1-3H3,(H,16,18). The second-order valence-electron chi connectivity index (χ2n) is 4.34. The minimum absolute atomic E-state index is 0.0343. The third-order valence-electron chi connectivity index (χ3n) is 2.71. The molecule has 0 aliphatic heterocycles. The van der Waals surface area contributed by atoms with Gasteiger partial charge in [-0.25, -0.2) is 4.98 Å². The van der Waals surface area contributed by atoms with Crippen molar-refractivity contribution >= 4 is 11.7 Å². The lowest BCUT2D eigenvalue weighted by molar-refractivity contribution is 0.398. The molecule has 0 amide bonds. The van der Waals surface area contributed by atoms with E-state index >= 15 is 0 Å². The molecule has 2 aromatic rings. The van der Waals surface area contributed by atoms with E-state index in [1.807, 2.05) is 13.0 Å². The van der Waals surface area contributed by atoms with Crippen molar-refractivity contribution in [3.63, 3.8) is 0 Å². The van der Waals surface area contributed by atoms with Gasteiger partial charge in [-0.2, -0.15) is 0 Å². The van der Waals surface area contributed by atoms with E-state index < -0.39 is 0 Å². The fourth-order valence-corrected chi connectivity index (χ4v) is 1.61. The molecule has 20 heavy (non-hydrogen) atoms. The number of nitrogens with one attached hydrogen (secondary N) is 2. The van der Waals surface area contributed by atoms with Crippen molar-refractivity contribution in [2.75, 3.05) is 19.0 Å². The van der Waals surface area contributed by atoms with Gasteiger partial charge in [0.2, 0.25) is 11.8 Å². The lowest BCUT2D eigenvalue weighted by atomic mass is 10.3. The van der Waals surface area contributed by atoms with Crippen molar-refractivity contribution in [2.45, 2.75) is 26.3 Å². The maximum absolute atomic E-state index is 5.55. The number of ether oxygens (including phenoxy) is 1. The predicted molar refractivity (Wildman–Crippen MR) is 75.1 cm³/mol. The Balaban J connectivity index is 1.97. The van der Waals surface area contributed by atoms with Gasteiger partial charge >= 0.3 is 6.01 Å². The molecule has 0 aromatic carbocycles. The maximum atomic E-state index is 5.55. The molecule has 2 N–H and O–H groups in total. The molecule has 0 saturated carbocycles. The number of pyridine rings is 1. The summed E-state index contributed by atoms with van der Waals surface area (Å²) in [6.45, 7) is 5.01. The molecule has 2 heterocycles. The Kier molecular flexibility index (Phi) is 4.89. The zero-order chi connectivity index (χ0) is 14.4. The molecule has 1 atom stereocenters. The van der Waals surface area contributed by atoms with Crippen LogP contribution in [-0.2, 0) is 0 Å². The summed E-state index contributed by atoms with van der Waals surface area (Å²) in [7, 11) is 1.57. The van der Waals surface area contributed by atoms with Crippen LogP contribution in [0.2, 0.25) is 0 Å². The number of hydrogen-bond donors (Lipinski definition) is 2. The highest BCUT2D eigenvalue weighted by molar-refractivity contribution is 5.50. The van der Waals surface area contributed by atoms with Crippen LogP contribution >= 0.6 is 0 Å². The SMILES string of the molecule is CCCNC(C)c1nnc(Nc2ccc(OC)nc2)o1. The molecule has 0 bridgehead atoms. The molecule has 1 unspecified atom stereocenters. The average Bonchev–Trinajstić information content (AvgIpc) is 2.94. The smallest absolute Gasteiger partial charge is 0.320 e. The molecule has 7 nitrogen and oxygen atoms in total. The van der Waals surface area contributed by atoms with Gasteiger partial charge in [0, 0.05) is 6.07 Å². The molecular formula is C13H19N5O2. The van der Waals surface area contributed by atoms with E-state index in [9.17, 15) is 0 Å². The molecule has 2 aromatic heterocycles. The Labute approximate surface area is 117 Å². The van der Waals surface area contributed by atoms with Crippen LogP contribution in [0.25, 0.3) is 0 Å². The van der Waals surface area contributed by atoms with Crippen molar-refractivity contribution in [1.29, 1.82) is 0 Å². The van der Waals surface area contributed by atoms with Crippen LogP contribution in [0.5, 0.6) is 5.88 Å². The normalized spacial score (nSPS) is 12.2. The second-order valence-corrected chi connectivity index (χ2v) is 4.34. The molecule has 2 rings (SSSR count). The van der Waals surface area contributed by atoms with E-state index in [1.54, 1.807) is 19.4 Å². The fourth-order valence-electron chi connectivity index (χ4n) is 1.61. The number of aromatic nitrogens is 3. The van der Waals surface area contributed by atoms with E-state index in [4.69, 9.17) is 9.15 Å². The topological polar surface area (TPSA) is 85.1 Å². The highest BCUT2D eigenvalue weighted by atomic mass is 16.5. The predicted octanol–water partition coefficient (Wildman–Crippen LogP) is 2.28. The summed E-state index contributed by atoms with van der Waals surface area (Å²) in [5.74, 6) is 1.11. The molecule has 7 heteroatoms. The minimum atomic E-state index is 0.0343. The van der Waals surface area contributed by atoms with Crippen LogP contribution in [0.4, 0.5) is 11.7 Å². The first-order valence-electron chi connectivity index (χ1n) is 6.56. The van der Waals surface area contributed by atoms with Crippen molar-refractivity contribution in [3.8, 4) is 5.88 Å². The molecule has 108 valence electrons. The van der Waals surface area contributed by atoms with Gasteiger partial charge in [0.25, 0.3) is 0 Å². The maximum Gasteiger partial charge on any atom is 0.320 e. The van der Waals surface area contributed by atoms with Gasteiger partial charge in [-0.3, -0.25) is 0 Å². The Morgan fingerprint density at radius 3 is 2.85 bits per heavy atom. The summed E-state index contributed by atoms with van der Waals surface area (Å²) in [6.07, 6.45) is 2.70. The highest BCUT2D eigenvalue weighted by Crippen LogP contribution is 2.18. The third kappa shape index (κ3) is 3.67. The lowest BCUT2D eigenvalue weighted by Crippen LogP contribution is -2.19. The van der Waals surface area contributed by atoms with E-state index in [1.165, 1.54) is 0 Å². The van der Waals surface area contributed by atoms with Crippen LogP contribution in [0.1, 0.15) is 32.2 Å². The monoisotopic (exact) mass is 277 g/mol. The van der Waals surface area contributed by atoms with Crippen molar-refractivity contribution in [3.05, 3.63) is 24.2 Å². The van der Waals surface area contributed by atoms with Crippen LogP contribution < -0.4 is 15.4 Å². The highest BCUT2D eigenvalue weighted by Gasteiger charge is 2.13. The van der Waals surface area contributed by atoms with E-state index in [2.05, 4.69) is 32.7 Å². The molecule has 0 aliphatic rings. The quantitative estimate of drug-likeness (QED) is 0.803. The van der Waals surface area contributed by atoms with Gasteiger partial charge in [0.05, 0.1) is 25.0 Å². The summed E-state index contributed by atoms with van der Waals surface area (Å²) < 4.78 is 10.5. The zero-order valence-corrected chi connectivity index (χ0v) is 11.9. The van der Waals surface area contributed by atoms with Gasteiger partial charge in [0.15, 0.2) is 0 Å². The Bertz CT molecular complexity index is 526. The summed E-state index contributed by atoms with van der Waals surface area (Å²) in [5.41, 5.74) is 0.759. The first-order valence-corrected chi connectivity index (χ1v) is 6.56. The molecule has 0 aliphatic carbocycles. The van der Waals surface area contributed by atoms with Gasteiger partial charge in [-0.15, -0.1) is 5.10 Å². The molecular weight excluding hydrogens is 258 g/mol. The van der Waals surface area contributed by atoms with Gasteiger partial charge in [-0.1, -0.05) is 12.0 Å². The number of anilines is 2. The van der Waals surface area contributed by atoms with Crippen molar-refractivity contribution in [1.82, 2.24) is 20.5 Å². The Hall–Kier alpha value is -2.15. The summed E-state index contributed by atoms with van der Waals surface area (Å²) in [4.78, 5) is 4.09. The van der Waals surface area contributed by atoms with Crippen LogP contribution in [0.15, 0.2) is 22.7 Å². The molecule has 0 radical (unpaired) electrons. The van der Waals surface area contributed by atoms with E-state index in [0.29, 0.717) is 17.8 Å². The molecule has 0 saturated heterocycles. The average molecular weight is 277 g/mol. The second kappa shape index (κ2) is 6.85. The van der Waals surface area contributed by atoms with E-state index in [0.717, 1.165) is 18.7 Å². The minimum Gasteiger partial charge on any atom is -0.481 e. The summed E-state index contributed by atoms with van der Waals surface area (Å²) in [5, 5.41) is 14.3. The summed E-state index contributed by atoms with van der Waals surface area (Å²) in [6, 6.07) is 3.96. The number of hydrogen-bond acceptors (Lipinski definition) is 7. The molecule has 0 spiro atoms. The lowest BCUT2D eigenvalue weighted by Gasteiger charge is -2.07. The Morgan fingerprint density at radius 2 is 2.20 bits per heavy atom. The molecule has 0 fully saturated rings. The number of rotatable bonds is 7. The largest absolute Gasteiger partial charge is 0.481 e. The first-order chi connectivity index (χ1) is 9.72.